The fourth-order valence-electron chi connectivity index (χ4n) is 4.77. The summed E-state index contributed by atoms with van der Waals surface area (Å²) >= 11 is 12.5. The fraction of sp³-hybridized carbons (Fsp3) is 0.257. The van der Waals surface area contributed by atoms with Gasteiger partial charge < -0.3 is 10.2 Å². The number of sulfonamides is 1. The van der Waals surface area contributed by atoms with E-state index in [1.54, 1.807) is 18.2 Å². The Balaban J connectivity index is 1.81. The Morgan fingerprint density at radius 2 is 1.44 bits per heavy atom. The first-order valence-electron chi connectivity index (χ1n) is 14.7. The van der Waals surface area contributed by atoms with Crippen LogP contribution in [0.5, 0.6) is 0 Å². The quantitative estimate of drug-likeness (QED) is 0.166. The molecule has 4 rings (SSSR count). The van der Waals surface area contributed by atoms with Gasteiger partial charge in [0.05, 0.1) is 20.6 Å². The van der Waals surface area contributed by atoms with E-state index < -0.39 is 28.5 Å². The van der Waals surface area contributed by atoms with Crippen molar-refractivity contribution in [2.75, 3.05) is 10.8 Å². The molecule has 0 aliphatic rings. The number of anilines is 1. The minimum absolute atomic E-state index is 0.00399. The molecule has 0 heterocycles. The second-order valence-corrected chi connectivity index (χ2v) is 13.6. The van der Waals surface area contributed by atoms with Gasteiger partial charge in [-0.05, 0) is 61.7 Å². The molecule has 0 fully saturated rings. The Kier molecular flexibility index (Phi) is 11.7. The lowest BCUT2D eigenvalue weighted by Crippen LogP contribution is -2.54. The molecular weight excluding hydrogens is 629 g/mol. The molecule has 0 bridgehead atoms. The van der Waals surface area contributed by atoms with Crippen molar-refractivity contribution in [2.45, 2.75) is 57.1 Å². The Morgan fingerprint density at radius 1 is 0.822 bits per heavy atom. The average molecular weight is 667 g/mol. The molecule has 0 aromatic heterocycles. The van der Waals surface area contributed by atoms with E-state index in [9.17, 15) is 18.0 Å². The second-order valence-electron chi connectivity index (χ2n) is 11.0. The van der Waals surface area contributed by atoms with Gasteiger partial charge >= 0.3 is 0 Å². The summed E-state index contributed by atoms with van der Waals surface area (Å²) in [5.74, 6) is -0.873. The third-order valence-electron chi connectivity index (χ3n) is 7.55. The first-order chi connectivity index (χ1) is 21.5. The summed E-state index contributed by atoms with van der Waals surface area (Å²) in [5.41, 5.74) is 2.88. The topological polar surface area (TPSA) is 86.8 Å². The molecule has 45 heavy (non-hydrogen) atoms. The lowest BCUT2D eigenvalue weighted by Gasteiger charge is -2.34. The lowest BCUT2D eigenvalue weighted by atomic mass is 10.0. The number of amides is 2. The zero-order valence-corrected chi connectivity index (χ0v) is 27.8. The van der Waals surface area contributed by atoms with Crippen LogP contribution in [0.15, 0.2) is 108 Å². The number of carbonyl (C=O) groups is 2. The monoisotopic (exact) mass is 665 g/mol. The van der Waals surface area contributed by atoms with Crippen LogP contribution in [0.3, 0.4) is 0 Å². The Morgan fingerprint density at radius 3 is 2.04 bits per heavy atom. The van der Waals surface area contributed by atoms with Gasteiger partial charge in [-0.1, -0.05) is 108 Å². The van der Waals surface area contributed by atoms with E-state index >= 15 is 0 Å². The van der Waals surface area contributed by atoms with Gasteiger partial charge in [0.25, 0.3) is 10.0 Å². The Bertz CT molecular complexity index is 1700. The van der Waals surface area contributed by atoms with Gasteiger partial charge in [0.2, 0.25) is 11.8 Å². The van der Waals surface area contributed by atoms with E-state index in [1.807, 2.05) is 75.4 Å². The SMILES string of the molecule is CC[C@@H](C)NC(=O)[C@@H](Cc1ccccc1)N(Cc1ccc(C)cc1)C(=O)CN(c1ccc(Cl)c(Cl)c1)S(=O)(=O)c1ccccc1. The van der Waals surface area contributed by atoms with Gasteiger partial charge in [0.1, 0.15) is 12.6 Å². The summed E-state index contributed by atoms with van der Waals surface area (Å²) in [7, 11) is -4.24. The summed E-state index contributed by atoms with van der Waals surface area (Å²) in [4.78, 5) is 29.9. The van der Waals surface area contributed by atoms with Gasteiger partial charge in [0, 0.05) is 19.0 Å². The smallest absolute Gasteiger partial charge is 0.264 e. The number of hydrogen-bond acceptors (Lipinski definition) is 4. The van der Waals surface area contributed by atoms with Crippen molar-refractivity contribution < 1.29 is 18.0 Å². The predicted octanol–water partition coefficient (Wildman–Crippen LogP) is 7.05. The molecule has 0 aliphatic heterocycles. The molecule has 4 aromatic rings. The maximum Gasteiger partial charge on any atom is 0.264 e. The normalized spacial score (nSPS) is 12.6. The molecule has 10 heteroatoms. The van der Waals surface area contributed by atoms with Crippen LogP contribution in [-0.4, -0.2) is 43.8 Å². The molecule has 0 spiro atoms. The number of aryl methyl sites for hydroxylation is 1. The predicted molar refractivity (Wildman–Crippen MR) is 181 cm³/mol. The zero-order valence-electron chi connectivity index (χ0n) is 25.5. The molecule has 2 atom stereocenters. The zero-order chi connectivity index (χ0) is 32.6. The molecule has 236 valence electrons. The minimum atomic E-state index is -4.24. The highest BCUT2D eigenvalue weighted by Crippen LogP contribution is 2.31. The number of carbonyl (C=O) groups excluding carboxylic acids is 2. The molecule has 0 saturated heterocycles. The van der Waals surface area contributed by atoms with Crippen molar-refractivity contribution in [1.82, 2.24) is 10.2 Å². The largest absolute Gasteiger partial charge is 0.352 e. The van der Waals surface area contributed by atoms with Crippen molar-refractivity contribution >= 4 is 50.7 Å². The first-order valence-corrected chi connectivity index (χ1v) is 16.9. The second kappa shape index (κ2) is 15.4. The van der Waals surface area contributed by atoms with E-state index in [0.717, 1.165) is 21.0 Å². The molecule has 2 amide bonds. The van der Waals surface area contributed by atoms with Gasteiger partial charge in [-0.3, -0.25) is 13.9 Å². The van der Waals surface area contributed by atoms with E-state index in [-0.39, 0.29) is 45.5 Å². The maximum atomic E-state index is 14.5. The highest BCUT2D eigenvalue weighted by atomic mass is 35.5. The first kappa shape index (κ1) is 34.0. The van der Waals surface area contributed by atoms with E-state index in [0.29, 0.717) is 6.42 Å². The molecular formula is C35H37Cl2N3O4S. The van der Waals surface area contributed by atoms with Gasteiger partial charge in [-0.25, -0.2) is 8.42 Å². The number of benzene rings is 4. The van der Waals surface area contributed by atoms with Crippen LogP contribution in [-0.2, 0) is 32.6 Å². The average Bonchev–Trinajstić information content (AvgIpc) is 3.04. The molecule has 0 radical (unpaired) electrons. The lowest BCUT2D eigenvalue weighted by molar-refractivity contribution is -0.140. The summed E-state index contributed by atoms with van der Waals surface area (Å²) < 4.78 is 29.1. The van der Waals surface area contributed by atoms with Crippen molar-refractivity contribution in [1.29, 1.82) is 0 Å². The third kappa shape index (κ3) is 8.87. The van der Waals surface area contributed by atoms with Crippen LogP contribution >= 0.6 is 23.2 Å². The van der Waals surface area contributed by atoms with Crippen molar-refractivity contribution in [3.8, 4) is 0 Å². The molecule has 4 aromatic carbocycles. The van der Waals surface area contributed by atoms with Gasteiger partial charge in [0.15, 0.2) is 0 Å². The van der Waals surface area contributed by atoms with E-state index in [4.69, 9.17) is 23.2 Å². The standard InChI is InChI=1S/C35H37Cl2N3O4S/c1-4-26(3)38-35(42)33(21-27-11-7-5-8-12-27)39(23-28-17-15-25(2)16-18-28)34(41)24-40(29-19-20-31(36)32(37)22-29)45(43,44)30-13-9-6-10-14-30/h5-20,22,26,33H,4,21,23-24H2,1-3H3,(H,38,42)/t26-,33-/m1/s1. The number of hydrogen-bond donors (Lipinski definition) is 1. The fourth-order valence-corrected chi connectivity index (χ4v) is 6.49. The number of rotatable bonds is 13. The summed E-state index contributed by atoms with van der Waals surface area (Å²) in [6.45, 7) is 5.35. The highest BCUT2D eigenvalue weighted by molar-refractivity contribution is 7.92. The summed E-state index contributed by atoms with van der Waals surface area (Å²) in [5, 5.41) is 3.42. The van der Waals surface area contributed by atoms with Crippen molar-refractivity contribution in [3.05, 3.63) is 130 Å². The van der Waals surface area contributed by atoms with Crippen molar-refractivity contribution in [2.24, 2.45) is 0 Å². The van der Waals surface area contributed by atoms with Crippen LogP contribution in [0, 0.1) is 6.92 Å². The summed E-state index contributed by atoms with van der Waals surface area (Å²) in [6.07, 6.45) is 0.940. The van der Waals surface area contributed by atoms with Crippen LogP contribution in [0.4, 0.5) is 5.69 Å². The maximum absolute atomic E-state index is 14.5. The molecule has 0 saturated carbocycles. The molecule has 0 unspecified atom stereocenters. The molecule has 1 N–H and O–H groups in total. The van der Waals surface area contributed by atoms with E-state index in [2.05, 4.69) is 5.32 Å². The van der Waals surface area contributed by atoms with Crippen LogP contribution in [0.2, 0.25) is 10.0 Å². The van der Waals surface area contributed by atoms with Crippen molar-refractivity contribution in [3.63, 3.8) is 0 Å². The van der Waals surface area contributed by atoms with E-state index in [1.165, 1.54) is 35.2 Å². The summed E-state index contributed by atoms with van der Waals surface area (Å²) in [6, 6.07) is 28.3. The Labute approximate surface area is 275 Å². The number of nitrogens with one attached hydrogen (secondary N) is 1. The molecule has 0 aliphatic carbocycles. The van der Waals surface area contributed by atoms with Gasteiger partial charge in [-0.15, -0.1) is 0 Å². The molecule has 7 nitrogen and oxygen atoms in total. The number of nitrogens with zero attached hydrogens (tertiary/aromatic N) is 2. The Hall–Kier alpha value is -3.85. The third-order valence-corrected chi connectivity index (χ3v) is 10.1. The number of halogens is 2. The highest BCUT2D eigenvalue weighted by Gasteiger charge is 2.35. The van der Waals surface area contributed by atoms with Gasteiger partial charge in [-0.2, -0.15) is 0 Å². The van der Waals surface area contributed by atoms with Crippen LogP contribution < -0.4 is 9.62 Å². The van der Waals surface area contributed by atoms with Crippen LogP contribution in [0.1, 0.15) is 37.0 Å². The van der Waals surface area contributed by atoms with Crippen LogP contribution in [0.25, 0.3) is 0 Å². The minimum Gasteiger partial charge on any atom is -0.352 e.